The van der Waals surface area contributed by atoms with E-state index in [9.17, 15) is 0 Å². The van der Waals surface area contributed by atoms with Crippen molar-refractivity contribution in [3.63, 3.8) is 0 Å². The Morgan fingerprint density at radius 3 is 2.11 bits per heavy atom. The van der Waals surface area contributed by atoms with Gasteiger partial charge in [-0.3, -0.25) is 0 Å². The summed E-state index contributed by atoms with van der Waals surface area (Å²) in [5.74, 6) is 0. The summed E-state index contributed by atoms with van der Waals surface area (Å²) >= 11 is 0. The van der Waals surface area contributed by atoms with Gasteiger partial charge in [0, 0.05) is 6.04 Å². The smallest absolute Gasteiger partial charge is 0.0181 e. The lowest BCUT2D eigenvalue weighted by Crippen LogP contribution is -2.23. The van der Waals surface area contributed by atoms with Gasteiger partial charge < -0.3 is 5.32 Å². The maximum Gasteiger partial charge on any atom is 0.0181 e. The first kappa shape index (κ1) is 13.6. The van der Waals surface area contributed by atoms with Gasteiger partial charge in [-0.1, -0.05) is 58.0 Å². The molecule has 100 valence electrons. The summed E-state index contributed by atoms with van der Waals surface area (Å²) in [6.45, 7) is 10.6. The molecule has 0 amide bonds. The van der Waals surface area contributed by atoms with Crippen LogP contribution in [0.25, 0.3) is 0 Å². The van der Waals surface area contributed by atoms with Gasteiger partial charge in [-0.05, 0) is 42.2 Å². The summed E-state index contributed by atoms with van der Waals surface area (Å²) in [5, 5.41) is 3.72. The minimum Gasteiger partial charge on any atom is -0.313 e. The van der Waals surface area contributed by atoms with Crippen LogP contribution in [-0.4, -0.2) is 12.6 Å². The Morgan fingerprint density at radius 2 is 1.56 bits per heavy atom. The van der Waals surface area contributed by atoms with E-state index in [2.05, 4.69) is 63.3 Å². The van der Waals surface area contributed by atoms with Crippen molar-refractivity contribution in [3.8, 4) is 0 Å². The summed E-state index contributed by atoms with van der Waals surface area (Å²) in [5.41, 5.74) is 2.39. The van der Waals surface area contributed by atoms with E-state index in [4.69, 9.17) is 0 Å². The quantitative estimate of drug-likeness (QED) is 0.746. The fourth-order valence-corrected chi connectivity index (χ4v) is 3.05. The molecule has 1 N–H and O–H groups in total. The first-order valence-electron chi connectivity index (χ1n) is 7.23. The molecule has 1 heteroatoms. The highest BCUT2D eigenvalue weighted by atomic mass is 15.0. The number of unbranched alkanes of at least 4 members (excludes halogenated alkanes) is 1. The lowest BCUT2D eigenvalue weighted by atomic mass is 10.0. The third kappa shape index (κ3) is 2.61. The first-order chi connectivity index (χ1) is 8.46. The Morgan fingerprint density at radius 1 is 0.944 bits per heavy atom. The molecule has 0 unspecified atom stereocenters. The molecule has 1 saturated carbocycles. The standard InChI is InChI=1S/C17H27N/c1-16(2)15(17(16,3)4)18-13-9-8-12-14-10-6-5-7-11-14/h5-7,10-11,15,18H,8-9,12-13H2,1-4H3. The van der Waals surface area contributed by atoms with E-state index in [1.807, 2.05) is 0 Å². The highest BCUT2D eigenvalue weighted by Gasteiger charge is 2.64. The summed E-state index contributed by atoms with van der Waals surface area (Å²) in [6, 6.07) is 11.5. The average Bonchev–Trinajstić information content (AvgIpc) is 2.72. The zero-order valence-electron chi connectivity index (χ0n) is 12.3. The second-order valence-corrected chi connectivity index (χ2v) is 6.77. The maximum absolute atomic E-state index is 3.72. The van der Waals surface area contributed by atoms with Gasteiger partial charge in [-0.25, -0.2) is 0 Å². The number of hydrogen-bond donors (Lipinski definition) is 1. The van der Waals surface area contributed by atoms with Crippen LogP contribution < -0.4 is 5.32 Å². The highest BCUT2D eigenvalue weighted by Crippen LogP contribution is 2.62. The molecule has 1 aromatic rings. The molecule has 1 fully saturated rings. The molecule has 0 atom stereocenters. The first-order valence-corrected chi connectivity index (χ1v) is 7.23. The average molecular weight is 245 g/mol. The number of hydrogen-bond acceptors (Lipinski definition) is 1. The van der Waals surface area contributed by atoms with Crippen molar-refractivity contribution in [3.05, 3.63) is 35.9 Å². The maximum atomic E-state index is 3.72. The molecular formula is C17H27N. The molecule has 1 aliphatic carbocycles. The van der Waals surface area contributed by atoms with Gasteiger partial charge in [0.15, 0.2) is 0 Å². The molecular weight excluding hydrogens is 218 g/mol. The Kier molecular flexibility index (Phi) is 3.82. The molecule has 18 heavy (non-hydrogen) atoms. The van der Waals surface area contributed by atoms with Crippen LogP contribution >= 0.6 is 0 Å². The van der Waals surface area contributed by atoms with Crippen molar-refractivity contribution >= 4 is 0 Å². The van der Waals surface area contributed by atoms with E-state index in [1.54, 1.807) is 0 Å². The van der Waals surface area contributed by atoms with Crippen LogP contribution in [0.5, 0.6) is 0 Å². The molecule has 0 heterocycles. The van der Waals surface area contributed by atoms with Gasteiger partial charge in [0.25, 0.3) is 0 Å². The van der Waals surface area contributed by atoms with Crippen LogP contribution in [-0.2, 0) is 6.42 Å². The topological polar surface area (TPSA) is 12.0 Å². The Hall–Kier alpha value is -0.820. The van der Waals surface area contributed by atoms with Crippen LogP contribution in [0.1, 0.15) is 46.1 Å². The minimum atomic E-state index is 0.465. The van der Waals surface area contributed by atoms with Crippen molar-refractivity contribution < 1.29 is 0 Å². The predicted octanol–water partition coefficient (Wildman–Crippen LogP) is 4.03. The summed E-state index contributed by atoms with van der Waals surface area (Å²) in [7, 11) is 0. The van der Waals surface area contributed by atoms with Gasteiger partial charge in [-0.2, -0.15) is 0 Å². The van der Waals surface area contributed by atoms with Gasteiger partial charge in [0.2, 0.25) is 0 Å². The molecule has 1 nitrogen and oxygen atoms in total. The van der Waals surface area contributed by atoms with Gasteiger partial charge in [0.05, 0.1) is 0 Å². The molecule has 0 saturated heterocycles. The predicted molar refractivity (Wildman–Crippen MR) is 78.7 cm³/mol. The van der Waals surface area contributed by atoms with E-state index in [0.717, 1.165) is 6.54 Å². The van der Waals surface area contributed by atoms with E-state index in [1.165, 1.54) is 24.8 Å². The summed E-state index contributed by atoms with van der Waals surface area (Å²) in [6.07, 6.45) is 3.77. The third-order valence-corrected chi connectivity index (χ3v) is 5.10. The van der Waals surface area contributed by atoms with Gasteiger partial charge in [-0.15, -0.1) is 0 Å². The second-order valence-electron chi connectivity index (χ2n) is 6.77. The molecule has 0 spiro atoms. The molecule has 0 bridgehead atoms. The zero-order valence-corrected chi connectivity index (χ0v) is 12.3. The monoisotopic (exact) mass is 245 g/mol. The normalized spacial score (nSPS) is 20.9. The molecule has 1 aliphatic rings. The van der Waals surface area contributed by atoms with Gasteiger partial charge in [0.1, 0.15) is 0 Å². The Bertz CT molecular complexity index is 364. The Balaban J connectivity index is 1.61. The third-order valence-electron chi connectivity index (χ3n) is 5.10. The van der Waals surface area contributed by atoms with Crippen LogP contribution in [0.2, 0.25) is 0 Å². The SMILES string of the molecule is CC1(C)C(NCCCCc2ccccc2)C1(C)C. The number of aryl methyl sites for hydroxylation is 1. The van der Waals surface area contributed by atoms with E-state index in [-0.39, 0.29) is 0 Å². The molecule has 0 aliphatic heterocycles. The van der Waals surface area contributed by atoms with Crippen LogP contribution in [0.4, 0.5) is 0 Å². The van der Waals surface area contributed by atoms with Crippen molar-refractivity contribution in [1.29, 1.82) is 0 Å². The van der Waals surface area contributed by atoms with Crippen molar-refractivity contribution in [2.45, 2.75) is 53.0 Å². The van der Waals surface area contributed by atoms with E-state index >= 15 is 0 Å². The number of rotatable bonds is 6. The molecule has 1 aromatic carbocycles. The minimum absolute atomic E-state index is 0.465. The van der Waals surface area contributed by atoms with Crippen molar-refractivity contribution in [2.75, 3.05) is 6.54 Å². The summed E-state index contributed by atoms with van der Waals surface area (Å²) in [4.78, 5) is 0. The van der Waals surface area contributed by atoms with E-state index < -0.39 is 0 Å². The van der Waals surface area contributed by atoms with Crippen LogP contribution in [0, 0.1) is 10.8 Å². The van der Waals surface area contributed by atoms with Crippen LogP contribution in [0.3, 0.4) is 0 Å². The molecule has 0 radical (unpaired) electrons. The van der Waals surface area contributed by atoms with Gasteiger partial charge >= 0.3 is 0 Å². The lowest BCUT2D eigenvalue weighted by molar-refractivity contribution is 0.457. The molecule has 0 aromatic heterocycles. The number of benzene rings is 1. The fraction of sp³-hybridized carbons (Fsp3) is 0.647. The number of nitrogens with one attached hydrogen (secondary N) is 1. The molecule has 2 rings (SSSR count). The van der Waals surface area contributed by atoms with Crippen LogP contribution in [0.15, 0.2) is 30.3 Å². The Labute approximate surface area is 112 Å². The highest BCUT2D eigenvalue weighted by molar-refractivity contribution is 5.17. The fourth-order valence-electron chi connectivity index (χ4n) is 3.05. The second kappa shape index (κ2) is 5.05. The zero-order chi connectivity index (χ0) is 13.2. The largest absolute Gasteiger partial charge is 0.313 e. The van der Waals surface area contributed by atoms with E-state index in [0.29, 0.717) is 16.9 Å². The summed E-state index contributed by atoms with van der Waals surface area (Å²) < 4.78 is 0. The lowest BCUT2D eigenvalue weighted by Gasteiger charge is -2.06. The van der Waals surface area contributed by atoms with Crippen molar-refractivity contribution in [2.24, 2.45) is 10.8 Å². The van der Waals surface area contributed by atoms with Crippen molar-refractivity contribution in [1.82, 2.24) is 5.32 Å².